The van der Waals surface area contributed by atoms with Crippen LogP contribution in [0.2, 0.25) is 0 Å². The highest BCUT2D eigenvalue weighted by atomic mass is 14.3. The molecule has 0 aromatic rings. The van der Waals surface area contributed by atoms with Crippen molar-refractivity contribution >= 4 is 0 Å². The normalized spacial score (nSPS) is 30.2. The lowest BCUT2D eigenvalue weighted by Gasteiger charge is -2.27. The van der Waals surface area contributed by atoms with E-state index in [0.29, 0.717) is 5.92 Å². The van der Waals surface area contributed by atoms with Gasteiger partial charge in [-0.05, 0) is 24.8 Å². The van der Waals surface area contributed by atoms with Gasteiger partial charge in [0.1, 0.15) is 0 Å². The van der Waals surface area contributed by atoms with Gasteiger partial charge in [0.2, 0.25) is 0 Å². The molecule has 13 heavy (non-hydrogen) atoms. The molecule has 0 spiro atoms. The third-order valence-electron chi connectivity index (χ3n) is 3.07. The second-order valence-corrected chi connectivity index (χ2v) is 3.84. The Labute approximate surface area is 79.3 Å². The summed E-state index contributed by atoms with van der Waals surface area (Å²) >= 11 is 0. The molecule has 0 heterocycles. The number of rotatable bonds is 0. The topological polar surface area (TPSA) is 0 Å². The van der Waals surface area contributed by atoms with Crippen molar-refractivity contribution in [1.29, 1.82) is 0 Å². The Hall–Kier alpha value is -1.04. The van der Waals surface area contributed by atoms with E-state index in [1.54, 1.807) is 11.1 Å². The van der Waals surface area contributed by atoms with E-state index in [0.717, 1.165) is 6.42 Å². The van der Waals surface area contributed by atoms with E-state index in [1.807, 2.05) is 0 Å². The first-order valence-electron chi connectivity index (χ1n) is 4.96. The highest BCUT2D eigenvalue weighted by Gasteiger charge is 2.26. The van der Waals surface area contributed by atoms with E-state index in [4.69, 9.17) is 0 Å². The van der Waals surface area contributed by atoms with Gasteiger partial charge in [-0.3, -0.25) is 0 Å². The Morgan fingerprint density at radius 1 is 1.38 bits per heavy atom. The molecule has 0 aromatic carbocycles. The van der Waals surface area contributed by atoms with Crippen LogP contribution in [0.3, 0.4) is 0 Å². The number of hydrogen-bond donors (Lipinski definition) is 0. The largest absolute Gasteiger partial charge is 0.0839 e. The molecule has 0 bridgehead atoms. The van der Waals surface area contributed by atoms with Crippen molar-refractivity contribution in [3.05, 3.63) is 53.5 Å². The Balaban J connectivity index is 2.06. The summed E-state index contributed by atoms with van der Waals surface area (Å²) in [7, 11) is 0. The fourth-order valence-electron chi connectivity index (χ4n) is 2.37. The van der Waals surface area contributed by atoms with Crippen molar-refractivity contribution in [3.63, 3.8) is 0 Å². The fraction of sp³-hybridized carbons (Fsp3) is 0.308. The van der Waals surface area contributed by atoms with Crippen LogP contribution < -0.4 is 0 Å². The molecule has 3 rings (SSSR count). The molecule has 0 nitrogen and oxygen atoms in total. The third kappa shape index (κ3) is 1.05. The van der Waals surface area contributed by atoms with Gasteiger partial charge >= 0.3 is 0 Å². The van der Waals surface area contributed by atoms with Gasteiger partial charge < -0.3 is 0 Å². The predicted octanol–water partition coefficient (Wildman–Crippen LogP) is 3.23. The van der Waals surface area contributed by atoms with Crippen LogP contribution in [0.15, 0.2) is 47.1 Å². The fourth-order valence-corrected chi connectivity index (χ4v) is 2.37. The molecule has 0 saturated heterocycles. The minimum Gasteiger partial charge on any atom is -0.0839 e. The Bertz CT molecular complexity index is 350. The first-order valence-corrected chi connectivity index (χ1v) is 4.96. The van der Waals surface area contributed by atoms with Crippen molar-refractivity contribution in [2.75, 3.05) is 0 Å². The highest BCUT2D eigenvalue weighted by Crippen LogP contribution is 2.41. The molecule has 3 aliphatic carbocycles. The summed E-state index contributed by atoms with van der Waals surface area (Å²) in [5, 5.41) is 0. The zero-order valence-corrected chi connectivity index (χ0v) is 7.59. The van der Waals surface area contributed by atoms with Crippen LogP contribution in [-0.2, 0) is 0 Å². The molecular formula is C13H12. The molecule has 2 radical (unpaired) electrons. The van der Waals surface area contributed by atoms with Gasteiger partial charge in [-0.1, -0.05) is 41.5 Å². The van der Waals surface area contributed by atoms with E-state index in [9.17, 15) is 0 Å². The molecular weight excluding hydrogens is 156 g/mol. The van der Waals surface area contributed by atoms with Gasteiger partial charge in [-0.25, -0.2) is 0 Å². The molecule has 1 atom stereocenters. The Morgan fingerprint density at radius 2 is 2.38 bits per heavy atom. The Morgan fingerprint density at radius 3 is 3.38 bits per heavy atom. The van der Waals surface area contributed by atoms with E-state index in [-0.39, 0.29) is 0 Å². The quantitative estimate of drug-likeness (QED) is 0.521. The van der Waals surface area contributed by atoms with E-state index in [1.165, 1.54) is 18.4 Å². The second kappa shape index (κ2) is 2.73. The van der Waals surface area contributed by atoms with E-state index in [2.05, 4.69) is 36.8 Å². The van der Waals surface area contributed by atoms with Crippen LogP contribution in [0.1, 0.15) is 19.3 Å². The lowest BCUT2D eigenvalue weighted by molar-refractivity contribution is 0.777. The molecule has 0 aliphatic heterocycles. The van der Waals surface area contributed by atoms with Crippen LogP contribution >= 0.6 is 0 Å². The summed E-state index contributed by atoms with van der Waals surface area (Å²) in [5.74, 6) is 0.542. The Kier molecular flexibility index (Phi) is 1.55. The molecule has 0 heteroatoms. The van der Waals surface area contributed by atoms with Gasteiger partial charge in [-0.2, -0.15) is 0 Å². The summed E-state index contributed by atoms with van der Waals surface area (Å²) in [4.78, 5) is 0. The van der Waals surface area contributed by atoms with Gasteiger partial charge in [0, 0.05) is 12.3 Å². The zero-order chi connectivity index (χ0) is 8.67. The second-order valence-electron chi connectivity index (χ2n) is 3.84. The predicted molar refractivity (Wildman–Crippen MR) is 54.0 cm³/mol. The first kappa shape index (κ1) is 7.37. The maximum absolute atomic E-state index is 3.49. The molecule has 0 fully saturated rings. The minimum atomic E-state index is 0.542. The highest BCUT2D eigenvalue weighted by molar-refractivity contribution is 5.51. The molecule has 0 N–H and O–H groups in total. The monoisotopic (exact) mass is 168 g/mol. The maximum Gasteiger partial charge on any atom is 0.0240 e. The lowest BCUT2D eigenvalue weighted by atomic mass is 9.77. The number of allylic oxidation sites excluding steroid dienone is 8. The van der Waals surface area contributed by atoms with Crippen LogP contribution in [0.5, 0.6) is 0 Å². The average Bonchev–Trinajstić information content (AvgIpc) is 2.65. The summed E-state index contributed by atoms with van der Waals surface area (Å²) < 4.78 is 0. The van der Waals surface area contributed by atoms with Crippen molar-refractivity contribution in [1.82, 2.24) is 0 Å². The average molecular weight is 168 g/mol. The van der Waals surface area contributed by atoms with Crippen LogP contribution in [0.25, 0.3) is 0 Å². The summed E-state index contributed by atoms with van der Waals surface area (Å²) in [5.41, 5.74) is 4.53. The zero-order valence-electron chi connectivity index (χ0n) is 7.59. The van der Waals surface area contributed by atoms with Crippen molar-refractivity contribution < 1.29 is 0 Å². The lowest BCUT2D eigenvalue weighted by Crippen LogP contribution is -2.12. The minimum absolute atomic E-state index is 0.542. The summed E-state index contributed by atoms with van der Waals surface area (Å²) in [6.45, 7) is 0. The van der Waals surface area contributed by atoms with Crippen molar-refractivity contribution in [3.8, 4) is 0 Å². The first-order chi connectivity index (χ1) is 6.45. The van der Waals surface area contributed by atoms with Crippen molar-refractivity contribution in [2.45, 2.75) is 19.3 Å². The maximum atomic E-state index is 3.49. The van der Waals surface area contributed by atoms with Gasteiger partial charge in [-0.15, -0.1) is 0 Å². The molecule has 1 unspecified atom stereocenters. The molecule has 64 valence electrons. The molecule has 3 aliphatic rings. The molecule has 0 aromatic heterocycles. The van der Waals surface area contributed by atoms with Gasteiger partial charge in [0.15, 0.2) is 0 Å². The van der Waals surface area contributed by atoms with E-state index < -0.39 is 0 Å². The number of hydrogen-bond acceptors (Lipinski definition) is 0. The summed E-state index contributed by atoms with van der Waals surface area (Å²) in [6, 6.07) is 0. The van der Waals surface area contributed by atoms with Crippen LogP contribution in [0.4, 0.5) is 0 Å². The van der Waals surface area contributed by atoms with Crippen LogP contribution in [0, 0.1) is 12.3 Å². The van der Waals surface area contributed by atoms with Crippen LogP contribution in [-0.4, -0.2) is 0 Å². The third-order valence-corrected chi connectivity index (χ3v) is 3.07. The van der Waals surface area contributed by atoms with Gasteiger partial charge in [0.05, 0.1) is 0 Å². The standard InChI is InChI=1S/C13H12/c1-2-6-12-10(4-1)8-9-11-5-3-7-13(11)12/h2-3,5-7,13H,1,4,8H2. The van der Waals surface area contributed by atoms with Gasteiger partial charge in [0.25, 0.3) is 0 Å². The van der Waals surface area contributed by atoms with E-state index >= 15 is 0 Å². The smallest absolute Gasteiger partial charge is 0.0240 e. The SMILES string of the molecule is [C]1CC2=C(C=CCC2)C2C=CC=C12. The number of fused-ring (bicyclic) bond motifs is 2. The molecule has 0 amide bonds. The van der Waals surface area contributed by atoms with Crippen molar-refractivity contribution in [2.24, 2.45) is 5.92 Å². The summed E-state index contributed by atoms with van der Waals surface area (Å²) in [6.07, 6.45) is 18.3. The molecule has 0 saturated carbocycles.